The van der Waals surface area contributed by atoms with Crippen molar-refractivity contribution in [2.45, 2.75) is 6.54 Å². The number of halogens is 2. The molecule has 0 aliphatic carbocycles. The minimum absolute atomic E-state index is 0.273. The number of hydrogen-bond acceptors (Lipinski definition) is 4. The molecule has 0 spiro atoms. The van der Waals surface area contributed by atoms with Crippen LogP contribution in [0.3, 0.4) is 0 Å². The van der Waals surface area contributed by atoms with Gasteiger partial charge in [-0.25, -0.2) is 14.4 Å². The quantitative estimate of drug-likeness (QED) is 0.943. The molecular weight excluding hydrogens is 301 g/mol. The van der Waals surface area contributed by atoms with E-state index in [2.05, 4.69) is 31.2 Å². The Balaban J connectivity index is 2.04. The summed E-state index contributed by atoms with van der Waals surface area (Å²) in [5.74, 6) is 0.782. The number of benzene rings is 1. The molecule has 2 aromatic rings. The second-order valence-corrected chi connectivity index (χ2v) is 4.39. The van der Waals surface area contributed by atoms with Crippen LogP contribution in [0.25, 0.3) is 0 Å². The highest BCUT2D eigenvalue weighted by atomic mass is 79.9. The van der Waals surface area contributed by atoms with Crippen LogP contribution >= 0.6 is 15.9 Å². The van der Waals surface area contributed by atoms with Gasteiger partial charge >= 0.3 is 0 Å². The number of anilines is 1. The Morgan fingerprint density at radius 3 is 2.72 bits per heavy atom. The number of rotatable bonds is 4. The monoisotopic (exact) mass is 311 g/mol. The molecule has 94 valence electrons. The third-order valence-electron chi connectivity index (χ3n) is 2.31. The predicted octanol–water partition coefficient (Wildman–Crippen LogP) is 3.00. The van der Waals surface area contributed by atoms with Gasteiger partial charge in [0.1, 0.15) is 5.82 Å². The summed E-state index contributed by atoms with van der Waals surface area (Å²) in [6, 6.07) is 4.53. The summed E-state index contributed by atoms with van der Waals surface area (Å²) in [4.78, 5) is 8.12. The first-order chi connectivity index (χ1) is 8.69. The van der Waals surface area contributed by atoms with Gasteiger partial charge in [0.15, 0.2) is 5.75 Å². The van der Waals surface area contributed by atoms with Crippen LogP contribution in [0.15, 0.2) is 35.1 Å². The lowest BCUT2D eigenvalue weighted by Gasteiger charge is -2.07. The minimum Gasteiger partial charge on any atom is -0.494 e. The topological polar surface area (TPSA) is 47.0 Å². The van der Waals surface area contributed by atoms with Crippen molar-refractivity contribution in [1.29, 1.82) is 0 Å². The Morgan fingerprint density at radius 1 is 1.33 bits per heavy atom. The molecule has 0 fully saturated rings. The number of nitrogens with one attached hydrogen (secondary N) is 1. The van der Waals surface area contributed by atoms with Crippen LogP contribution in [0.2, 0.25) is 0 Å². The van der Waals surface area contributed by atoms with Crippen molar-refractivity contribution in [3.8, 4) is 5.75 Å². The average Bonchev–Trinajstić information content (AvgIpc) is 2.40. The summed E-state index contributed by atoms with van der Waals surface area (Å²) in [7, 11) is 1.55. The van der Waals surface area contributed by atoms with Crippen LogP contribution in [0.5, 0.6) is 5.75 Å². The molecule has 0 saturated heterocycles. The van der Waals surface area contributed by atoms with Crippen molar-refractivity contribution in [3.05, 3.63) is 46.4 Å². The van der Waals surface area contributed by atoms with Crippen molar-refractivity contribution < 1.29 is 9.13 Å². The first-order valence-corrected chi connectivity index (χ1v) is 6.02. The molecule has 18 heavy (non-hydrogen) atoms. The maximum atomic E-state index is 13.1. The van der Waals surface area contributed by atoms with Gasteiger partial charge in [0.25, 0.3) is 0 Å². The van der Waals surface area contributed by atoms with E-state index in [-0.39, 0.29) is 5.82 Å². The van der Waals surface area contributed by atoms with E-state index in [9.17, 15) is 4.39 Å². The van der Waals surface area contributed by atoms with Crippen LogP contribution in [-0.2, 0) is 6.54 Å². The third kappa shape index (κ3) is 3.16. The molecule has 0 saturated carbocycles. The summed E-state index contributed by atoms with van der Waals surface area (Å²) in [5.41, 5.74) is 0.800. The Kier molecular flexibility index (Phi) is 4.09. The first kappa shape index (κ1) is 12.8. The largest absolute Gasteiger partial charge is 0.494 e. The highest BCUT2D eigenvalue weighted by Crippen LogP contribution is 2.18. The Labute approximate surface area is 112 Å². The Hall–Kier alpha value is -1.69. The molecule has 2 rings (SSSR count). The maximum Gasteiger partial charge on any atom is 0.223 e. The zero-order valence-electron chi connectivity index (χ0n) is 9.65. The van der Waals surface area contributed by atoms with E-state index in [1.165, 1.54) is 12.1 Å². The van der Waals surface area contributed by atoms with Gasteiger partial charge in [-0.3, -0.25) is 0 Å². The van der Waals surface area contributed by atoms with Crippen molar-refractivity contribution in [2.24, 2.45) is 0 Å². The maximum absolute atomic E-state index is 13.1. The third-order valence-corrected chi connectivity index (χ3v) is 3.08. The molecular formula is C12H11BrFN3O. The van der Waals surface area contributed by atoms with Gasteiger partial charge in [-0.05, 0) is 23.8 Å². The van der Waals surface area contributed by atoms with Gasteiger partial charge in [-0.2, -0.15) is 0 Å². The summed E-state index contributed by atoms with van der Waals surface area (Å²) in [6.45, 7) is 0.435. The molecule has 6 heteroatoms. The van der Waals surface area contributed by atoms with Crippen LogP contribution in [-0.4, -0.2) is 17.1 Å². The van der Waals surface area contributed by atoms with Crippen molar-refractivity contribution >= 4 is 21.9 Å². The van der Waals surface area contributed by atoms with E-state index in [0.717, 1.165) is 10.0 Å². The molecule has 1 N–H and O–H groups in total. The number of hydrogen-bond donors (Lipinski definition) is 1. The summed E-state index contributed by atoms with van der Waals surface area (Å²) >= 11 is 3.36. The molecule has 0 aliphatic heterocycles. The average molecular weight is 312 g/mol. The number of ether oxygens (including phenoxy) is 1. The molecule has 0 bridgehead atoms. The molecule has 0 amide bonds. The fraction of sp³-hybridized carbons (Fsp3) is 0.167. The van der Waals surface area contributed by atoms with Crippen LogP contribution in [0.1, 0.15) is 5.56 Å². The van der Waals surface area contributed by atoms with Gasteiger partial charge in [-0.1, -0.05) is 15.9 Å². The molecule has 1 aromatic heterocycles. The van der Waals surface area contributed by atoms with Gasteiger partial charge in [0, 0.05) is 11.0 Å². The molecule has 0 unspecified atom stereocenters. The smallest absolute Gasteiger partial charge is 0.223 e. The van der Waals surface area contributed by atoms with E-state index < -0.39 is 0 Å². The summed E-state index contributed by atoms with van der Waals surface area (Å²) < 4.78 is 18.9. The fourth-order valence-corrected chi connectivity index (χ4v) is 1.75. The zero-order valence-corrected chi connectivity index (χ0v) is 11.2. The number of methoxy groups -OCH3 is 1. The fourth-order valence-electron chi connectivity index (χ4n) is 1.37. The Bertz CT molecular complexity index is 533. The van der Waals surface area contributed by atoms with E-state index in [1.54, 1.807) is 25.6 Å². The zero-order chi connectivity index (χ0) is 13.0. The summed E-state index contributed by atoms with van der Waals surface area (Å²) in [6.07, 6.45) is 3.13. The van der Waals surface area contributed by atoms with Gasteiger partial charge in [-0.15, -0.1) is 0 Å². The van der Waals surface area contributed by atoms with E-state index in [1.807, 2.05) is 0 Å². The van der Waals surface area contributed by atoms with Gasteiger partial charge in [0.2, 0.25) is 5.95 Å². The second kappa shape index (κ2) is 5.77. The first-order valence-electron chi connectivity index (χ1n) is 5.23. The van der Waals surface area contributed by atoms with Crippen LogP contribution in [0, 0.1) is 5.82 Å². The number of aromatic nitrogens is 2. The standard InChI is InChI=1S/C12H11BrFN3O/c1-18-10-6-16-12(17-7-10)15-5-8-4-9(14)2-3-11(8)13/h2-4,6-7H,5H2,1H3,(H,15,16,17). The van der Waals surface area contributed by atoms with Gasteiger partial charge in [0.05, 0.1) is 19.5 Å². The van der Waals surface area contributed by atoms with Crippen molar-refractivity contribution in [2.75, 3.05) is 12.4 Å². The van der Waals surface area contributed by atoms with Crippen LogP contribution < -0.4 is 10.1 Å². The molecule has 1 aromatic carbocycles. The lowest BCUT2D eigenvalue weighted by atomic mass is 10.2. The predicted molar refractivity (Wildman–Crippen MR) is 70.0 cm³/mol. The van der Waals surface area contributed by atoms with Crippen LogP contribution in [0.4, 0.5) is 10.3 Å². The lowest BCUT2D eigenvalue weighted by Crippen LogP contribution is -2.04. The van der Waals surface area contributed by atoms with Gasteiger partial charge < -0.3 is 10.1 Å². The minimum atomic E-state index is -0.273. The van der Waals surface area contributed by atoms with E-state index >= 15 is 0 Å². The highest BCUT2D eigenvalue weighted by Gasteiger charge is 2.03. The second-order valence-electron chi connectivity index (χ2n) is 3.54. The summed E-state index contributed by atoms with van der Waals surface area (Å²) in [5, 5.41) is 3.01. The molecule has 0 aliphatic rings. The van der Waals surface area contributed by atoms with Crippen molar-refractivity contribution in [3.63, 3.8) is 0 Å². The highest BCUT2D eigenvalue weighted by molar-refractivity contribution is 9.10. The Morgan fingerprint density at radius 2 is 2.06 bits per heavy atom. The molecule has 0 atom stereocenters. The van der Waals surface area contributed by atoms with E-state index in [4.69, 9.17) is 4.74 Å². The molecule has 1 heterocycles. The lowest BCUT2D eigenvalue weighted by molar-refractivity contribution is 0.411. The van der Waals surface area contributed by atoms with E-state index in [0.29, 0.717) is 18.2 Å². The SMILES string of the molecule is COc1cnc(NCc2cc(F)ccc2Br)nc1. The van der Waals surface area contributed by atoms with Crippen molar-refractivity contribution in [1.82, 2.24) is 9.97 Å². The molecule has 0 radical (unpaired) electrons. The molecule has 4 nitrogen and oxygen atoms in total. The normalized spacial score (nSPS) is 10.2. The number of nitrogens with zero attached hydrogens (tertiary/aromatic N) is 2.